The average molecular weight is 258 g/mol. The molecule has 0 bridgehead atoms. The van der Waals surface area contributed by atoms with Crippen LogP contribution in [0.5, 0.6) is 0 Å². The van der Waals surface area contributed by atoms with E-state index in [9.17, 15) is 14.7 Å². The van der Waals surface area contributed by atoms with E-state index in [4.69, 9.17) is 0 Å². The molecule has 0 aliphatic rings. The summed E-state index contributed by atoms with van der Waals surface area (Å²) in [6, 6.07) is 0.168. The molecule has 0 aromatic carbocycles. The summed E-state index contributed by atoms with van der Waals surface area (Å²) >= 11 is 0. The Bertz CT molecular complexity index is 271. The molecule has 0 saturated carbocycles. The van der Waals surface area contributed by atoms with E-state index in [0.717, 1.165) is 12.8 Å². The van der Waals surface area contributed by atoms with E-state index in [1.54, 1.807) is 0 Å². The molecule has 18 heavy (non-hydrogen) atoms. The van der Waals surface area contributed by atoms with E-state index in [-0.39, 0.29) is 18.5 Å². The number of aliphatic carboxylic acids is 1. The number of hydrogen-bond acceptors (Lipinski definition) is 3. The minimum absolute atomic E-state index is 0.0461. The second-order valence-corrected chi connectivity index (χ2v) is 4.53. The van der Waals surface area contributed by atoms with Crippen LogP contribution in [0.4, 0.5) is 0 Å². The largest absolute Gasteiger partial charge is 0.480 e. The molecule has 0 atom stereocenters. The van der Waals surface area contributed by atoms with Gasteiger partial charge in [-0.25, -0.2) is 0 Å². The van der Waals surface area contributed by atoms with Crippen LogP contribution in [-0.2, 0) is 9.59 Å². The summed E-state index contributed by atoms with van der Waals surface area (Å²) in [5.41, 5.74) is -0.995. The first-order valence-electron chi connectivity index (χ1n) is 6.73. The lowest BCUT2D eigenvalue weighted by Crippen LogP contribution is -2.54. The van der Waals surface area contributed by atoms with Crippen molar-refractivity contribution >= 4 is 11.9 Å². The fourth-order valence-corrected chi connectivity index (χ4v) is 1.90. The van der Waals surface area contributed by atoms with Gasteiger partial charge in [-0.1, -0.05) is 27.7 Å². The first-order chi connectivity index (χ1) is 8.45. The maximum Gasteiger partial charge on any atom is 0.323 e. The van der Waals surface area contributed by atoms with Gasteiger partial charge in [0.05, 0.1) is 6.54 Å². The van der Waals surface area contributed by atoms with Crippen LogP contribution in [0.15, 0.2) is 0 Å². The molecular formula is C13H26N2O3. The molecule has 0 radical (unpaired) electrons. The minimum Gasteiger partial charge on any atom is -0.480 e. The Hall–Kier alpha value is -1.10. The van der Waals surface area contributed by atoms with E-state index in [2.05, 4.69) is 10.6 Å². The van der Waals surface area contributed by atoms with Gasteiger partial charge in [0.2, 0.25) is 5.91 Å². The van der Waals surface area contributed by atoms with E-state index in [1.807, 2.05) is 27.7 Å². The zero-order valence-electron chi connectivity index (χ0n) is 11.9. The molecule has 0 heterocycles. The summed E-state index contributed by atoms with van der Waals surface area (Å²) in [7, 11) is 0. The summed E-state index contributed by atoms with van der Waals surface area (Å²) in [4.78, 5) is 22.9. The molecule has 0 aromatic heterocycles. The fraction of sp³-hybridized carbons (Fsp3) is 0.846. The Kier molecular flexibility index (Phi) is 7.59. The van der Waals surface area contributed by atoms with Gasteiger partial charge in [-0.3, -0.25) is 14.9 Å². The minimum atomic E-state index is -0.995. The topological polar surface area (TPSA) is 78.4 Å². The summed E-state index contributed by atoms with van der Waals surface area (Å²) in [6.07, 6.45) is 2.68. The van der Waals surface area contributed by atoms with Crippen molar-refractivity contribution in [1.82, 2.24) is 10.6 Å². The second kappa shape index (κ2) is 8.08. The molecule has 0 aromatic rings. The standard InChI is InChI=1S/C13H26N2O3/c1-5-10(6-2)15-11(16)9-14-13(7-3,8-4)12(17)18/h10,14H,5-9H2,1-4H3,(H,15,16)(H,17,18). The van der Waals surface area contributed by atoms with Crippen molar-refractivity contribution in [3.8, 4) is 0 Å². The van der Waals surface area contributed by atoms with Gasteiger partial charge < -0.3 is 10.4 Å². The quantitative estimate of drug-likeness (QED) is 0.586. The third-order valence-electron chi connectivity index (χ3n) is 3.55. The molecule has 0 spiro atoms. The van der Waals surface area contributed by atoms with Gasteiger partial charge in [0, 0.05) is 6.04 Å². The highest BCUT2D eigenvalue weighted by Gasteiger charge is 2.34. The fourth-order valence-electron chi connectivity index (χ4n) is 1.90. The molecule has 106 valence electrons. The first kappa shape index (κ1) is 16.9. The summed E-state index contributed by atoms with van der Waals surface area (Å²) in [5.74, 6) is -1.04. The maximum absolute atomic E-state index is 11.7. The Morgan fingerprint density at radius 2 is 1.61 bits per heavy atom. The van der Waals surface area contributed by atoms with Crippen molar-refractivity contribution in [2.75, 3.05) is 6.54 Å². The maximum atomic E-state index is 11.7. The van der Waals surface area contributed by atoms with Crippen LogP contribution in [0.2, 0.25) is 0 Å². The molecule has 5 nitrogen and oxygen atoms in total. The summed E-state index contributed by atoms with van der Waals surface area (Å²) < 4.78 is 0. The van der Waals surface area contributed by atoms with Crippen molar-refractivity contribution in [2.45, 2.75) is 65.0 Å². The zero-order valence-corrected chi connectivity index (χ0v) is 11.9. The van der Waals surface area contributed by atoms with Crippen molar-refractivity contribution in [1.29, 1.82) is 0 Å². The normalized spacial score (nSPS) is 11.6. The Morgan fingerprint density at radius 3 is 1.94 bits per heavy atom. The monoisotopic (exact) mass is 258 g/mol. The highest BCUT2D eigenvalue weighted by molar-refractivity contribution is 5.82. The predicted molar refractivity (Wildman–Crippen MR) is 71.5 cm³/mol. The van der Waals surface area contributed by atoms with Crippen molar-refractivity contribution in [3.05, 3.63) is 0 Å². The van der Waals surface area contributed by atoms with Crippen LogP contribution in [0.25, 0.3) is 0 Å². The number of carbonyl (C=O) groups excluding carboxylic acids is 1. The van der Waals surface area contributed by atoms with Crippen molar-refractivity contribution < 1.29 is 14.7 Å². The van der Waals surface area contributed by atoms with E-state index in [0.29, 0.717) is 12.8 Å². The molecule has 0 aliphatic carbocycles. The third-order valence-corrected chi connectivity index (χ3v) is 3.55. The number of rotatable bonds is 9. The zero-order chi connectivity index (χ0) is 14.2. The summed E-state index contributed by atoms with van der Waals surface area (Å²) in [6.45, 7) is 7.69. The smallest absolute Gasteiger partial charge is 0.323 e. The SMILES string of the molecule is CCC(CC)NC(=O)CNC(CC)(CC)C(=O)O. The number of amides is 1. The van der Waals surface area contributed by atoms with E-state index >= 15 is 0 Å². The highest BCUT2D eigenvalue weighted by Crippen LogP contribution is 2.14. The number of carbonyl (C=O) groups is 2. The lowest BCUT2D eigenvalue weighted by atomic mass is 9.93. The number of carboxylic acids is 1. The van der Waals surface area contributed by atoms with E-state index in [1.165, 1.54) is 0 Å². The molecule has 1 amide bonds. The van der Waals surface area contributed by atoms with Crippen LogP contribution in [-0.4, -0.2) is 35.1 Å². The van der Waals surface area contributed by atoms with Gasteiger partial charge in [0.25, 0.3) is 0 Å². The number of hydrogen-bond donors (Lipinski definition) is 3. The molecule has 0 fully saturated rings. The van der Waals surface area contributed by atoms with Crippen molar-refractivity contribution in [2.24, 2.45) is 0 Å². The highest BCUT2D eigenvalue weighted by atomic mass is 16.4. The molecular weight excluding hydrogens is 232 g/mol. The van der Waals surface area contributed by atoms with Crippen LogP contribution in [0.1, 0.15) is 53.4 Å². The Balaban J connectivity index is 4.36. The Labute approximate surface area is 109 Å². The lowest BCUT2D eigenvalue weighted by Gasteiger charge is -2.28. The molecule has 0 saturated heterocycles. The van der Waals surface area contributed by atoms with Gasteiger partial charge in [-0.15, -0.1) is 0 Å². The number of nitrogens with one attached hydrogen (secondary N) is 2. The first-order valence-corrected chi connectivity index (χ1v) is 6.73. The van der Waals surface area contributed by atoms with Gasteiger partial charge in [-0.2, -0.15) is 0 Å². The summed E-state index contributed by atoms with van der Waals surface area (Å²) in [5, 5.41) is 15.0. The van der Waals surface area contributed by atoms with Crippen LogP contribution >= 0.6 is 0 Å². The Morgan fingerprint density at radius 1 is 1.11 bits per heavy atom. The van der Waals surface area contributed by atoms with Crippen molar-refractivity contribution in [3.63, 3.8) is 0 Å². The molecule has 0 rings (SSSR count). The molecule has 0 unspecified atom stereocenters. The second-order valence-electron chi connectivity index (χ2n) is 4.53. The average Bonchev–Trinajstić information content (AvgIpc) is 2.37. The van der Waals surface area contributed by atoms with E-state index < -0.39 is 11.5 Å². The molecule has 0 aliphatic heterocycles. The number of carboxylic acid groups (broad SMARTS) is 1. The van der Waals surface area contributed by atoms with Crippen LogP contribution < -0.4 is 10.6 Å². The lowest BCUT2D eigenvalue weighted by molar-refractivity contribution is -0.145. The predicted octanol–water partition coefficient (Wildman–Crippen LogP) is 1.52. The van der Waals surface area contributed by atoms with Crippen LogP contribution in [0.3, 0.4) is 0 Å². The van der Waals surface area contributed by atoms with Gasteiger partial charge in [0.1, 0.15) is 5.54 Å². The molecule has 3 N–H and O–H groups in total. The third kappa shape index (κ3) is 4.64. The van der Waals surface area contributed by atoms with Crippen LogP contribution in [0, 0.1) is 0 Å². The van der Waals surface area contributed by atoms with Gasteiger partial charge in [0.15, 0.2) is 0 Å². The van der Waals surface area contributed by atoms with Gasteiger partial charge >= 0.3 is 5.97 Å². The molecule has 5 heteroatoms. The van der Waals surface area contributed by atoms with Gasteiger partial charge in [-0.05, 0) is 25.7 Å².